The summed E-state index contributed by atoms with van der Waals surface area (Å²) >= 11 is 0. The molecule has 3 nitrogen and oxygen atoms in total. The Morgan fingerprint density at radius 1 is 1.47 bits per heavy atom. The average Bonchev–Trinajstić information content (AvgIpc) is 2.58. The maximum absolute atomic E-state index is 4.31. The van der Waals surface area contributed by atoms with Crippen LogP contribution in [0.15, 0.2) is 12.5 Å². The lowest BCUT2D eigenvalue weighted by molar-refractivity contribution is 0.218. The quantitative estimate of drug-likeness (QED) is 0.869. The fourth-order valence-electron chi connectivity index (χ4n) is 2.34. The Kier molecular flexibility index (Phi) is 3.57. The highest BCUT2D eigenvalue weighted by atomic mass is 15.1. The first-order valence-corrected chi connectivity index (χ1v) is 6.73. The van der Waals surface area contributed by atoms with Crippen LogP contribution in [0.4, 0.5) is 0 Å². The first-order chi connectivity index (χ1) is 7.97. The van der Waals surface area contributed by atoms with Crippen LogP contribution in [0.25, 0.3) is 0 Å². The Morgan fingerprint density at radius 2 is 2.18 bits per heavy atom. The van der Waals surface area contributed by atoms with Crippen molar-refractivity contribution in [2.24, 2.45) is 5.92 Å². The number of imidazole rings is 1. The number of hydrogen-bond donors (Lipinski definition) is 1. The molecule has 1 N–H and O–H groups in total. The summed E-state index contributed by atoms with van der Waals surface area (Å²) in [4.78, 5) is 4.31. The summed E-state index contributed by atoms with van der Waals surface area (Å²) in [7, 11) is 0. The van der Waals surface area contributed by atoms with E-state index >= 15 is 0 Å². The summed E-state index contributed by atoms with van der Waals surface area (Å²) < 4.78 is 2.35. The second-order valence-electron chi connectivity index (χ2n) is 6.33. The molecule has 1 heterocycles. The number of hydrogen-bond acceptors (Lipinski definition) is 2. The normalized spacial score (nSPS) is 19.1. The minimum absolute atomic E-state index is 0.162. The van der Waals surface area contributed by atoms with E-state index in [0.717, 1.165) is 12.5 Å². The number of nitrogens with zero attached hydrogens (tertiary/aromatic N) is 2. The standard InChI is InChI=1S/C14H25N3/c1-11(12-6-5-7-12)17-10-15-8-13(17)9-16-14(2,3)4/h8,10-12,16H,5-7,9H2,1-4H3. The van der Waals surface area contributed by atoms with Crippen molar-refractivity contribution >= 4 is 0 Å². The Labute approximate surface area is 105 Å². The lowest BCUT2D eigenvalue weighted by atomic mass is 9.80. The molecular formula is C14H25N3. The predicted molar refractivity (Wildman–Crippen MR) is 70.9 cm³/mol. The van der Waals surface area contributed by atoms with Crippen molar-refractivity contribution in [3.8, 4) is 0 Å². The van der Waals surface area contributed by atoms with Crippen molar-refractivity contribution in [1.29, 1.82) is 0 Å². The highest BCUT2D eigenvalue weighted by molar-refractivity contribution is 5.02. The molecule has 1 unspecified atom stereocenters. The zero-order chi connectivity index (χ0) is 12.5. The van der Waals surface area contributed by atoms with Crippen molar-refractivity contribution in [2.75, 3.05) is 0 Å². The van der Waals surface area contributed by atoms with Crippen LogP contribution in [-0.2, 0) is 6.54 Å². The summed E-state index contributed by atoms with van der Waals surface area (Å²) in [5, 5.41) is 3.53. The molecule has 96 valence electrons. The molecule has 17 heavy (non-hydrogen) atoms. The van der Waals surface area contributed by atoms with Gasteiger partial charge in [-0.15, -0.1) is 0 Å². The van der Waals surface area contributed by atoms with Crippen LogP contribution in [0.3, 0.4) is 0 Å². The van der Waals surface area contributed by atoms with Gasteiger partial charge in [0.2, 0.25) is 0 Å². The third-order valence-corrected chi connectivity index (χ3v) is 3.82. The van der Waals surface area contributed by atoms with E-state index < -0.39 is 0 Å². The summed E-state index contributed by atoms with van der Waals surface area (Å²) in [6.07, 6.45) is 8.15. The molecule has 0 aromatic carbocycles. The molecule has 2 rings (SSSR count). The second kappa shape index (κ2) is 4.81. The van der Waals surface area contributed by atoms with Crippen LogP contribution in [0.1, 0.15) is 58.7 Å². The van der Waals surface area contributed by atoms with Gasteiger partial charge in [0.1, 0.15) is 0 Å². The van der Waals surface area contributed by atoms with E-state index in [-0.39, 0.29) is 5.54 Å². The van der Waals surface area contributed by atoms with Crippen LogP contribution >= 0.6 is 0 Å². The van der Waals surface area contributed by atoms with Gasteiger partial charge in [0.05, 0.1) is 12.0 Å². The number of nitrogens with one attached hydrogen (secondary N) is 1. The van der Waals surface area contributed by atoms with Gasteiger partial charge in [-0.3, -0.25) is 0 Å². The predicted octanol–water partition coefficient (Wildman–Crippen LogP) is 3.13. The van der Waals surface area contributed by atoms with Crippen molar-refractivity contribution in [3.63, 3.8) is 0 Å². The van der Waals surface area contributed by atoms with Gasteiger partial charge in [-0.2, -0.15) is 0 Å². The van der Waals surface area contributed by atoms with Crippen LogP contribution < -0.4 is 5.32 Å². The zero-order valence-electron chi connectivity index (χ0n) is 11.5. The Hall–Kier alpha value is -0.830. The lowest BCUT2D eigenvalue weighted by Crippen LogP contribution is -2.36. The molecule has 1 aromatic rings. The van der Waals surface area contributed by atoms with Gasteiger partial charge in [0.15, 0.2) is 0 Å². The lowest BCUT2D eigenvalue weighted by Gasteiger charge is -2.33. The second-order valence-corrected chi connectivity index (χ2v) is 6.33. The van der Waals surface area contributed by atoms with Gasteiger partial charge in [0, 0.05) is 24.3 Å². The number of rotatable bonds is 4. The van der Waals surface area contributed by atoms with Crippen LogP contribution in [-0.4, -0.2) is 15.1 Å². The van der Waals surface area contributed by atoms with Crippen LogP contribution in [0.5, 0.6) is 0 Å². The molecule has 1 saturated carbocycles. The molecule has 1 aliphatic carbocycles. The fourth-order valence-corrected chi connectivity index (χ4v) is 2.34. The van der Waals surface area contributed by atoms with Crippen LogP contribution in [0.2, 0.25) is 0 Å². The van der Waals surface area contributed by atoms with Gasteiger partial charge in [-0.25, -0.2) is 4.98 Å². The highest BCUT2D eigenvalue weighted by Crippen LogP contribution is 2.36. The molecule has 1 aromatic heterocycles. The average molecular weight is 235 g/mol. The summed E-state index contributed by atoms with van der Waals surface area (Å²) in [6.45, 7) is 9.82. The Balaban J connectivity index is 2.00. The maximum atomic E-state index is 4.31. The molecular weight excluding hydrogens is 210 g/mol. The maximum Gasteiger partial charge on any atom is 0.0951 e. The van der Waals surface area contributed by atoms with Gasteiger partial charge in [0.25, 0.3) is 0 Å². The monoisotopic (exact) mass is 235 g/mol. The van der Waals surface area contributed by atoms with Crippen molar-refractivity contribution in [1.82, 2.24) is 14.9 Å². The zero-order valence-corrected chi connectivity index (χ0v) is 11.5. The molecule has 0 saturated heterocycles. The first-order valence-electron chi connectivity index (χ1n) is 6.73. The van der Waals surface area contributed by atoms with Crippen molar-refractivity contribution < 1.29 is 0 Å². The van der Waals surface area contributed by atoms with E-state index in [0.29, 0.717) is 6.04 Å². The largest absolute Gasteiger partial charge is 0.330 e. The van der Waals surface area contributed by atoms with Crippen LogP contribution in [0, 0.1) is 5.92 Å². The van der Waals surface area contributed by atoms with E-state index in [1.165, 1.54) is 25.0 Å². The minimum atomic E-state index is 0.162. The third kappa shape index (κ3) is 3.09. The van der Waals surface area contributed by atoms with Gasteiger partial charge < -0.3 is 9.88 Å². The highest BCUT2D eigenvalue weighted by Gasteiger charge is 2.26. The smallest absolute Gasteiger partial charge is 0.0951 e. The minimum Gasteiger partial charge on any atom is -0.330 e. The molecule has 0 radical (unpaired) electrons. The summed E-state index contributed by atoms with van der Waals surface area (Å²) in [5.74, 6) is 0.859. The fraction of sp³-hybridized carbons (Fsp3) is 0.786. The molecule has 0 bridgehead atoms. The van der Waals surface area contributed by atoms with Gasteiger partial charge >= 0.3 is 0 Å². The van der Waals surface area contributed by atoms with E-state index in [1.54, 1.807) is 0 Å². The van der Waals surface area contributed by atoms with E-state index in [1.807, 2.05) is 12.5 Å². The number of aromatic nitrogens is 2. The topological polar surface area (TPSA) is 29.9 Å². The molecule has 3 heteroatoms. The third-order valence-electron chi connectivity index (χ3n) is 3.82. The summed E-state index contributed by atoms with van der Waals surface area (Å²) in [6, 6.07) is 0.600. The van der Waals surface area contributed by atoms with E-state index in [2.05, 4.69) is 42.6 Å². The first kappa shape index (κ1) is 12.6. The Morgan fingerprint density at radius 3 is 2.71 bits per heavy atom. The molecule has 1 atom stereocenters. The van der Waals surface area contributed by atoms with E-state index in [4.69, 9.17) is 0 Å². The van der Waals surface area contributed by atoms with Gasteiger partial charge in [-0.05, 0) is 46.5 Å². The molecule has 1 fully saturated rings. The van der Waals surface area contributed by atoms with Crippen molar-refractivity contribution in [2.45, 2.75) is 65.1 Å². The van der Waals surface area contributed by atoms with Crippen molar-refractivity contribution in [3.05, 3.63) is 18.2 Å². The molecule has 0 spiro atoms. The SMILES string of the molecule is CC(C1CCC1)n1cncc1CNC(C)(C)C. The molecule has 0 aliphatic heterocycles. The molecule has 1 aliphatic rings. The summed E-state index contributed by atoms with van der Waals surface area (Å²) in [5.41, 5.74) is 1.47. The van der Waals surface area contributed by atoms with Gasteiger partial charge in [-0.1, -0.05) is 6.42 Å². The molecule has 0 amide bonds. The van der Waals surface area contributed by atoms with E-state index in [9.17, 15) is 0 Å². The Bertz CT molecular complexity index is 358.